The fourth-order valence-electron chi connectivity index (χ4n) is 0.880. The van der Waals surface area contributed by atoms with E-state index >= 15 is 0 Å². The third-order valence-corrected chi connectivity index (χ3v) is 3.07. The van der Waals surface area contributed by atoms with Crippen molar-refractivity contribution in [1.29, 1.82) is 0 Å². The first-order valence-electron chi connectivity index (χ1n) is 3.28. The second-order valence-electron chi connectivity index (χ2n) is 2.46. The molecule has 78 valence electrons. The molecular formula is C6HBCl4F3-. The first kappa shape index (κ1) is 12.3. The molecule has 0 spiro atoms. The van der Waals surface area contributed by atoms with Gasteiger partial charge in [0.25, 0.3) is 0 Å². The van der Waals surface area contributed by atoms with Crippen LogP contribution in [0.3, 0.4) is 0 Å². The van der Waals surface area contributed by atoms with Crippen molar-refractivity contribution in [3.8, 4) is 0 Å². The number of rotatable bonds is 1. The molecule has 0 unspecified atom stereocenters. The third-order valence-electron chi connectivity index (χ3n) is 1.48. The van der Waals surface area contributed by atoms with E-state index in [2.05, 4.69) is 0 Å². The quantitative estimate of drug-likeness (QED) is 0.408. The molecule has 0 amide bonds. The van der Waals surface area contributed by atoms with Gasteiger partial charge in [0, 0.05) is 10.0 Å². The summed E-state index contributed by atoms with van der Waals surface area (Å²) < 4.78 is 37.2. The first-order chi connectivity index (χ1) is 6.25. The van der Waals surface area contributed by atoms with Gasteiger partial charge in [-0.05, 0) is 6.07 Å². The summed E-state index contributed by atoms with van der Waals surface area (Å²) >= 11 is 21.7. The predicted molar refractivity (Wildman–Crippen MR) is 55.2 cm³/mol. The molecule has 1 rings (SSSR count). The average Bonchev–Trinajstić information content (AvgIpc) is 1.97. The summed E-state index contributed by atoms with van der Waals surface area (Å²) in [6.07, 6.45) is 0. The molecule has 0 aliphatic rings. The molecule has 0 saturated carbocycles. The van der Waals surface area contributed by atoms with Gasteiger partial charge in [-0.25, -0.2) is 0 Å². The van der Waals surface area contributed by atoms with Crippen LogP contribution in [0.4, 0.5) is 12.9 Å². The minimum atomic E-state index is -5.30. The van der Waals surface area contributed by atoms with Gasteiger partial charge in [0.15, 0.2) is 0 Å². The van der Waals surface area contributed by atoms with Crippen LogP contribution in [0.25, 0.3) is 0 Å². The molecular weight excluding hydrogens is 282 g/mol. The first-order valence-corrected chi connectivity index (χ1v) is 4.79. The molecule has 0 radical (unpaired) electrons. The Labute approximate surface area is 97.9 Å². The van der Waals surface area contributed by atoms with E-state index in [9.17, 15) is 12.9 Å². The molecule has 1 aromatic carbocycles. The summed E-state index contributed by atoms with van der Waals surface area (Å²) in [7, 11) is 0. The van der Waals surface area contributed by atoms with Crippen molar-refractivity contribution in [3.05, 3.63) is 26.2 Å². The number of halogens is 7. The zero-order valence-electron chi connectivity index (χ0n) is 6.30. The van der Waals surface area contributed by atoms with E-state index in [0.29, 0.717) is 0 Å². The van der Waals surface area contributed by atoms with Crippen molar-refractivity contribution in [2.45, 2.75) is 0 Å². The van der Waals surface area contributed by atoms with Crippen molar-refractivity contribution in [1.82, 2.24) is 0 Å². The lowest BCUT2D eigenvalue weighted by Crippen LogP contribution is -2.36. The largest absolute Gasteiger partial charge is 0.512 e. The van der Waals surface area contributed by atoms with Gasteiger partial charge < -0.3 is 12.9 Å². The molecule has 0 atom stereocenters. The van der Waals surface area contributed by atoms with E-state index in [-0.39, 0.29) is 10.0 Å². The maximum atomic E-state index is 12.4. The standard InChI is InChI=1S/C6HBCl4F3/c8-2-1-3(9)5(10)6(11)4(2)7(12,13)14/h1H/q-1. The fraction of sp³-hybridized carbons (Fsp3) is 0. The Bertz CT molecular complexity index is 376. The summed E-state index contributed by atoms with van der Waals surface area (Å²) in [6, 6.07) is 0.919. The van der Waals surface area contributed by atoms with Crippen LogP contribution in [-0.4, -0.2) is 6.98 Å². The summed E-state index contributed by atoms with van der Waals surface area (Å²) in [6.45, 7) is -5.30. The van der Waals surface area contributed by atoms with Gasteiger partial charge in [-0.3, -0.25) is 0 Å². The lowest BCUT2D eigenvalue weighted by molar-refractivity contribution is 0.501. The Kier molecular flexibility index (Phi) is 3.52. The highest BCUT2D eigenvalue weighted by molar-refractivity contribution is 6.79. The SMILES string of the molecule is F[B-](F)(F)c1c(Cl)cc(Cl)c(Cl)c1Cl. The normalized spacial score (nSPS) is 11.9. The zero-order chi connectivity index (χ0) is 11.1. The Hall–Kier alpha value is 0.235. The summed E-state index contributed by atoms with van der Waals surface area (Å²) in [5.74, 6) is 0. The summed E-state index contributed by atoms with van der Waals surface area (Å²) in [5.41, 5.74) is -1.11. The molecule has 0 heterocycles. The Morgan fingerprint density at radius 1 is 0.857 bits per heavy atom. The molecule has 0 N–H and O–H groups in total. The van der Waals surface area contributed by atoms with Crippen molar-refractivity contribution in [3.63, 3.8) is 0 Å². The van der Waals surface area contributed by atoms with Crippen LogP contribution in [0.1, 0.15) is 0 Å². The van der Waals surface area contributed by atoms with Crippen molar-refractivity contribution in [2.24, 2.45) is 0 Å². The van der Waals surface area contributed by atoms with Crippen LogP contribution in [0.2, 0.25) is 20.1 Å². The van der Waals surface area contributed by atoms with E-state index in [0.717, 1.165) is 6.07 Å². The molecule has 0 aliphatic carbocycles. The maximum Gasteiger partial charge on any atom is 0.512 e. The van der Waals surface area contributed by atoms with Crippen molar-refractivity contribution >= 4 is 58.8 Å². The highest BCUT2D eigenvalue weighted by atomic mass is 35.5. The van der Waals surface area contributed by atoms with E-state index in [1.54, 1.807) is 0 Å². The van der Waals surface area contributed by atoms with E-state index in [1.807, 2.05) is 0 Å². The average molecular weight is 283 g/mol. The number of benzene rings is 1. The van der Waals surface area contributed by atoms with Crippen LogP contribution in [0.5, 0.6) is 0 Å². The Morgan fingerprint density at radius 3 is 1.79 bits per heavy atom. The molecule has 14 heavy (non-hydrogen) atoms. The van der Waals surface area contributed by atoms with Crippen LogP contribution in [0, 0.1) is 0 Å². The lowest BCUT2D eigenvalue weighted by atomic mass is 9.80. The predicted octanol–water partition coefficient (Wildman–Crippen LogP) is 4.35. The zero-order valence-corrected chi connectivity index (χ0v) is 9.32. The topological polar surface area (TPSA) is 0 Å². The molecule has 8 heteroatoms. The van der Waals surface area contributed by atoms with Gasteiger partial charge in [0.05, 0.1) is 10.0 Å². The van der Waals surface area contributed by atoms with Gasteiger partial charge in [-0.15, -0.1) is 0 Å². The van der Waals surface area contributed by atoms with Gasteiger partial charge in [-0.1, -0.05) is 51.9 Å². The van der Waals surface area contributed by atoms with Gasteiger partial charge in [0.2, 0.25) is 0 Å². The minimum Gasteiger partial charge on any atom is -0.445 e. The monoisotopic (exact) mass is 281 g/mol. The molecule has 0 fully saturated rings. The molecule has 0 bridgehead atoms. The van der Waals surface area contributed by atoms with Gasteiger partial charge >= 0.3 is 6.98 Å². The van der Waals surface area contributed by atoms with Crippen LogP contribution >= 0.6 is 46.4 Å². The Balaban J connectivity index is 3.53. The van der Waals surface area contributed by atoms with Gasteiger partial charge in [-0.2, -0.15) is 0 Å². The fourth-order valence-corrected chi connectivity index (χ4v) is 2.05. The van der Waals surface area contributed by atoms with E-state index in [4.69, 9.17) is 46.4 Å². The second-order valence-corrected chi connectivity index (χ2v) is 4.03. The lowest BCUT2D eigenvalue weighted by Gasteiger charge is -2.19. The third kappa shape index (κ3) is 2.24. The van der Waals surface area contributed by atoms with Crippen molar-refractivity contribution < 1.29 is 12.9 Å². The van der Waals surface area contributed by atoms with E-state index in [1.165, 1.54) is 0 Å². The molecule has 0 aliphatic heterocycles. The second kappa shape index (κ2) is 4.01. The molecule has 0 nitrogen and oxygen atoms in total. The highest BCUT2D eigenvalue weighted by Gasteiger charge is 2.32. The van der Waals surface area contributed by atoms with Crippen LogP contribution < -0.4 is 5.46 Å². The minimum absolute atomic E-state index is 0.106. The van der Waals surface area contributed by atoms with Crippen LogP contribution in [0.15, 0.2) is 6.07 Å². The maximum absolute atomic E-state index is 12.4. The van der Waals surface area contributed by atoms with Crippen LogP contribution in [-0.2, 0) is 0 Å². The summed E-state index contributed by atoms with van der Waals surface area (Å²) in [4.78, 5) is 0. The van der Waals surface area contributed by atoms with Gasteiger partial charge in [0.1, 0.15) is 0 Å². The molecule has 1 aromatic rings. The number of hydrogen-bond donors (Lipinski definition) is 0. The van der Waals surface area contributed by atoms with Crippen molar-refractivity contribution in [2.75, 3.05) is 0 Å². The molecule has 0 saturated heterocycles. The Morgan fingerprint density at radius 2 is 1.36 bits per heavy atom. The summed E-state index contributed by atoms with van der Waals surface area (Å²) in [5, 5.41) is -1.65. The smallest absolute Gasteiger partial charge is 0.445 e. The molecule has 0 aromatic heterocycles. The van der Waals surface area contributed by atoms with E-state index < -0.39 is 22.5 Å². The highest BCUT2D eigenvalue weighted by Crippen LogP contribution is 2.34. The number of hydrogen-bond acceptors (Lipinski definition) is 0.